The minimum absolute atomic E-state index is 0.203. The van der Waals surface area contributed by atoms with Gasteiger partial charge in [-0.1, -0.05) is 11.3 Å². The maximum Gasteiger partial charge on any atom is 0.260 e. The Hall–Kier alpha value is -3.52. The molecule has 2 heterocycles. The Morgan fingerprint density at radius 1 is 1.00 bits per heavy atom. The van der Waals surface area contributed by atoms with E-state index >= 15 is 0 Å². The summed E-state index contributed by atoms with van der Waals surface area (Å²) in [6.45, 7) is 0.238. The molecule has 8 heteroatoms. The van der Waals surface area contributed by atoms with Gasteiger partial charge in [-0.25, -0.2) is 4.98 Å². The summed E-state index contributed by atoms with van der Waals surface area (Å²) in [5.74, 6) is 2.41. The van der Waals surface area contributed by atoms with E-state index in [4.69, 9.17) is 23.6 Å². The first-order valence-electron chi connectivity index (χ1n) is 9.14. The predicted octanol–water partition coefficient (Wildman–Crippen LogP) is 4.76. The van der Waals surface area contributed by atoms with Gasteiger partial charge in [0.1, 0.15) is 33.2 Å². The third kappa shape index (κ3) is 3.69. The number of nitrogens with zero attached hydrogens (tertiary/aromatic N) is 2. The van der Waals surface area contributed by atoms with Crippen molar-refractivity contribution in [3.05, 3.63) is 66.1 Å². The summed E-state index contributed by atoms with van der Waals surface area (Å²) in [6, 6.07) is 14.2. The van der Waals surface area contributed by atoms with E-state index in [2.05, 4.69) is 0 Å². The summed E-state index contributed by atoms with van der Waals surface area (Å²) in [7, 11) is 4.77. The lowest BCUT2D eigenvalue weighted by molar-refractivity contribution is 0.0983. The molecule has 0 aliphatic heterocycles. The zero-order valence-corrected chi connectivity index (χ0v) is 17.6. The molecule has 0 bridgehead atoms. The van der Waals surface area contributed by atoms with Crippen LogP contribution >= 0.6 is 11.3 Å². The molecule has 0 atom stereocenters. The van der Waals surface area contributed by atoms with Crippen molar-refractivity contribution in [2.75, 3.05) is 26.2 Å². The smallest absolute Gasteiger partial charge is 0.260 e. The quantitative estimate of drug-likeness (QED) is 0.426. The molecule has 0 unspecified atom stereocenters. The number of furan rings is 1. The molecule has 0 saturated carbocycles. The van der Waals surface area contributed by atoms with Crippen LogP contribution in [0.2, 0.25) is 0 Å². The summed E-state index contributed by atoms with van der Waals surface area (Å²) in [4.78, 5) is 19.7. The molecule has 7 nitrogen and oxygen atoms in total. The lowest BCUT2D eigenvalue weighted by atomic mass is 10.2. The molecule has 1 amide bonds. The van der Waals surface area contributed by atoms with Crippen molar-refractivity contribution in [2.24, 2.45) is 0 Å². The zero-order chi connectivity index (χ0) is 21.1. The second kappa shape index (κ2) is 8.46. The Labute approximate surface area is 177 Å². The van der Waals surface area contributed by atoms with Gasteiger partial charge in [0.2, 0.25) is 0 Å². The van der Waals surface area contributed by atoms with Gasteiger partial charge in [0.15, 0.2) is 5.13 Å². The van der Waals surface area contributed by atoms with Crippen LogP contribution in [-0.4, -0.2) is 32.2 Å². The van der Waals surface area contributed by atoms with E-state index in [9.17, 15) is 4.79 Å². The molecule has 154 valence electrons. The summed E-state index contributed by atoms with van der Waals surface area (Å²) in [5, 5.41) is 0.519. The zero-order valence-electron chi connectivity index (χ0n) is 16.7. The van der Waals surface area contributed by atoms with Gasteiger partial charge >= 0.3 is 0 Å². The number of thiazole rings is 1. The topological polar surface area (TPSA) is 74.0 Å². The lowest BCUT2D eigenvalue weighted by Crippen LogP contribution is -2.30. The van der Waals surface area contributed by atoms with E-state index in [1.165, 1.54) is 11.3 Å². The normalized spacial score (nSPS) is 10.8. The van der Waals surface area contributed by atoms with Crippen molar-refractivity contribution in [1.82, 2.24) is 4.98 Å². The average Bonchev–Trinajstić information content (AvgIpc) is 3.46. The molecular weight excluding hydrogens is 404 g/mol. The highest BCUT2D eigenvalue weighted by Crippen LogP contribution is 2.40. The van der Waals surface area contributed by atoms with Gasteiger partial charge < -0.3 is 18.6 Å². The van der Waals surface area contributed by atoms with Gasteiger partial charge in [-0.2, -0.15) is 0 Å². The highest BCUT2D eigenvalue weighted by Gasteiger charge is 2.25. The van der Waals surface area contributed by atoms with E-state index in [-0.39, 0.29) is 12.5 Å². The van der Waals surface area contributed by atoms with Crippen LogP contribution in [0.1, 0.15) is 16.1 Å². The van der Waals surface area contributed by atoms with Crippen LogP contribution in [0.15, 0.2) is 59.2 Å². The number of rotatable bonds is 7. The minimum atomic E-state index is -0.203. The van der Waals surface area contributed by atoms with E-state index in [1.54, 1.807) is 68.9 Å². The van der Waals surface area contributed by atoms with Gasteiger partial charge in [-0.05, 0) is 48.5 Å². The van der Waals surface area contributed by atoms with E-state index in [1.807, 2.05) is 12.1 Å². The number of fused-ring (bicyclic) bond motifs is 1. The molecule has 4 rings (SSSR count). The first kappa shape index (κ1) is 19.8. The van der Waals surface area contributed by atoms with Crippen LogP contribution in [-0.2, 0) is 6.54 Å². The number of aromatic nitrogens is 1. The number of carbonyl (C=O) groups excluding carboxylic acids is 1. The Morgan fingerprint density at radius 3 is 2.37 bits per heavy atom. The van der Waals surface area contributed by atoms with Gasteiger partial charge in [0.05, 0.1) is 34.1 Å². The Morgan fingerprint density at radius 2 is 1.73 bits per heavy atom. The van der Waals surface area contributed by atoms with Crippen molar-refractivity contribution in [3.8, 4) is 17.2 Å². The number of amides is 1. The third-order valence-corrected chi connectivity index (χ3v) is 5.70. The standard InChI is InChI=1S/C22H20N2O5S/c1-26-15-8-6-14(7-9-15)21(25)24(13-16-5-4-12-29-16)22-23-19-17(27-2)10-11-18(28-3)20(19)30-22/h4-12H,13H2,1-3H3. The molecule has 0 aliphatic carbocycles. The van der Waals surface area contributed by atoms with Crippen molar-refractivity contribution in [3.63, 3.8) is 0 Å². The molecule has 4 aromatic rings. The number of carbonyl (C=O) groups is 1. The highest BCUT2D eigenvalue weighted by molar-refractivity contribution is 7.22. The maximum atomic E-state index is 13.4. The SMILES string of the molecule is COc1ccc(C(=O)N(Cc2ccco2)c2nc3c(OC)ccc(OC)c3s2)cc1. The fourth-order valence-corrected chi connectivity index (χ4v) is 4.14. The fourth-order valence-electron chi connectivity index (χ4n) is 3.06. The Balaban J connectivity index is 1.80. The molecule has 2 aromatic heterocycles. The molecule has 0 saturated heterocycles. The number of benzene rings is 2. The van der Waals surface area contributed by atoms with Gasteiger partial charge in [-0.3, -0.25) is 9.69 Å². The third-order valence-electron chi connectivity index (χ3n) is 4.61. The average molecular weight is 424 g/mol. The Bertz CT molecular complexity index is 1110. The minimum Gasteiger partial charge on any atom is -0.497 e. The predicted molar refractivity (Wildman–Crippen MR) is 115 cm³/mol. The number of methoxy groups -OCH3 is 3. The molecule has 0 fully saturated rings. The van der Waals surface area contributed by atoms with Crippen molar-refractivity contribution >= 4 is 32.6 Å². The van der Waals surface area contributed by atoms with Crippen LogP contribution < -0.4 is 19.1 Å². The van der Waals surface area contributed by atoms with Crippen LogP contribution in [0.3, 0.4) is 0 Å². The van der Waals surface area contributed by atoms with E-state index < -0.39 is 0 Å². The van der Waals surface area contributed by atoms with Gasteiger partial charge in [0, 0.05) is 5.56 Å². The van der Waals surface area contributed by atoms with Crippen LogP contribution in [0.25, 0.3) is 10.2 Å². The summed E-state index contributed by atoms with van der Waals surface area (Å²) in [5.41, 5.74) is 1.16. The summed E-state index contributed by atoms with van der Waals surface area (Å²) < 4.78 is 22.4. The molecule has 0 aliphatic rings. The fraction of sp³-hybridized carbons (Fsp3) is 0.182. The molecule has 30 heavy (non-hydrogen) atoms. The van der Waals surface area contributed by atoms with E-state index in [0.717, 1.165) is 4.70 Å². The van der Waals surface area contributed by atoms with Crippen LogP contribution in [0.5, 0.6) is 17.2 Å². The summed E-state index contributed by atoms with van der Waals surface area (Å²) in [6.07, 6.45) is 1.58. The monoisotopic (exact) mass is 424 g/mol. The number of ether oxygens (including phenoxy) is 3. The lowest BCUT2D eigenvalue weighted by Gasteiger charge is -2.19. The second-order valence-corrected chi connectivity index (χ2v) is 7.32. The molecule has 0 N–H and O–H groups in total. The van der Waals surface area contributed by atoms with Gasteiger partial charge in [-0.15, -0.1) is 0 Å². The number of anilines is 1. The molecule has 2 aromatic carbocycles. The van der Waals surface area contributed by atoms with Crippen molar-refractivity contribution in [1.29, 1.82) is 0 Å². The van der Waals surface area contributed by atoms with Crippen LogP contribution in [0, 0.1) is 0 Å². The molecule has 0 spiro atoms. The second-order valence-electron chi connectivity index (χ2n) is 6.34. The van der Waals surface area contributed by atoms with Crippen LogP contribution in [0.4, 0.5) is 5.13 Å². The molecule has 0 radical (unpaired) electrons. The highest BCUT2D eigenvalue weighted by atomic mass is 32.1. The van der Waals surface area contributed by atoms with Crippen molar-refractivity contribution in [2.45, 2.75) is 6.54 Å². The maximum absolute atomic E-state index is 13.4. The largest absolute Gasteiger partial charge is 0.497 e. The molecular formula is C22H20N2O5S. The number of hydrogen-bond acceptors (Lipinski definition) is 7. The number of hydrogen-bond donors (Lipinski definition) is 0. The summed E-state index contributed by atoms with van der Waals surface area (Å²) >= 11 is 1.36. The first-order chi connectivity index (χ1) is 14.6. The van der Waals surface area contributed by atoms with Crippen molar-refractivity contribution < 1.29 is 23.4 Å². The van der Waals surface area contributed by atoms with Gasteiger partial charge in [0.25, 0.3) is 5.91 Å². The first-order valence-corrected chi connectivity index (χ1v) is 9.96. The Kier molecular flexibility index (Phi) is 5.58. The van der Waals surface area contributed by atoms with E-state index in [0.29, 0.717) is 39.2 Å².